The number of nitrogens with one attached hydrogen (secondary N) is 1. The Labute approximate surface area is 152 Å². The fourth-order valence-electron chi connectivity index (χ4n) is 2.60. The van der Waals surface area contributed by atoms with Crippen molar-refractivity contribution in [2.75, 3.05) is 26.9 Å². The first-order chi connectivity index (χ1) is 11.8. The predicted octanol–water partition coefficient (Wildman–Crippen LogP) is 3.57. The summed E-state index contributed by atoms with van der Waals surface area (Å²) >= 11 is 0. The average Bonchev–Trinajstić information content (AvgIpc) is 2.57. The van der Waals surface area contributed by atoms with Crippen LogP contribution in [0.1, 0.15) is 54.4 Å². The Hall–Kier alpha value is -0.460. The average molecular weight is 381 g/mol. The number of methoxy groups -OCH3 is 1. The van der Waals surface area contributed by atoms with Gasteiger partial charge in [-0.25, -0.2) is 0 Å². The molecule has 0 aliphatic heterocycles. The van der Waals surface area contributed by atoms with E-state index in [0.717, 1.165) is 0 Å². The number of hydrogen-bond acceptors (Lipinski definition) is 7. The maximum atomic E-state index is 13.7. The van der Waals surface area contributed by atoms with E-state index in [0.29, 0.717) is 26.1 Å². The van der Waals surface area contributed by atoms with Crippen molar-refractivity contribution < 1.29 is 28.1 Å². The van der Waals surface area contributed by atoms with Gasteiger partial charge in [0.05, 0.1) is 19.5 Å². The van der Waals surface area contributed by atoms with E-state index in [4.69, 9.17) is 18.7 Å². The first-order valence-corrected chi connectivity index (χ1v) is 10.9. The summed E-state index contributed by atoms with van der Waals surface area (Å²) in [5.41, 5.74) is 0. The number of carbonyl (C=O) groups is 1. The fourth-order valence-corrected chi connectivity index (χ4v) is 5.20. The second-order valence-corrected chi connectivity index (χ2v) is 8.67. The van der Waals surface area contributed by atoms with Crippen molar-refractivity contribution in [2.45, 2.75) is 72.2 Å². The molecule has 0 spiro atoms. The summed E-state index contributed by atoms with van der Waals surface area (Å²) in [6.45, 7) is 12.3. The summed E-state index contributed by atoms with van der Waals surface area (Å²) < 4.78 is 35.4. The number of carbonyl (C=O) groups excluding carboxylic acids is 1. The van der Waals surface area contributed by atoms with E-state index in [1.165, 1.54) is 7.11 Å². The second kappa shape index (κ2) is 12.8. The molecule has 0 aliphatic rings. The summed E-state index contributed by atoms with van der Waals surface area (Å²) in [6.07, 6.45) is 1.07. The molecule has 0 fully saturated rings. The summed E-state index contributed by atoms with van der Waals surface area (Å²) in [5, 5.41) is 3.19. The molecule has 0 unspecified atom stereocenters. The van der Waals surface area contributed by atoms with Gasteiger partial charge in [-0.05, 0) is 39.5 Å². The van der Waals surface area contributed by atoms with Crippen molar-refractivity contribution in [1.82, 2.24) is 5.32 Å². The van der Waals surface area contributed by atoms with Gasteiger partial charge in [0.2, 0.25) is 6.03 Å². The van der Waals surface area contributed by atoms with Crippen LogP contribution in [0.5, 0.6) is 0 Å². The van der Waals surface area contributed by atoms with Gasteiger partial charge in [0.1, 0.15) is 6.04 Å². The lowest BCUT2D eigenvalue weighted by Gasteiger charge is -2.34. The van der Waals surface area contributed by atoms with Crippen molar-refractivity contribution in [1.29, 1.82) is 0 Å². The van der Waals surface area contributed by atoms with Crippen LogP contribution in [0.2, 0.25) is 0 Å². The lowest BCUT2D eigenvalue weighted by atomic mass is 10.0. The minimum Gasteiger partial charge on any atom is -0.468 e. The van der Waals surface area contributed by atoms with Crippen LogP contribution >= 0.6 is 7.37 Å². The summed E-state index contributed by atoms with van der Waals surface area (Å²) in [5.74, 6) is -0.673. The first-order valence-electron chi connectivity index (χ1n) is 9.11. The highest BCUT2D eigenvalue weighted by atomic mass is 31.2. The maximum absolute atomic E-state index is 13.7. The topological polar surface area (TPSA) is 83.1 Å². The van der Waals surface area contributed by atoms with Crippen LogP contribution < -0.4 is 5.32 Å². The molecule has 150 valence electrons. The van der Waals surface area contributed by atoms with E-state index in [1.54, 1.807) is 6.92 Å². The van der Waals surface area contributed by atoms with Gasteiger partial charge in [-0.15, -0.1) is 0 Å². The van der Waals surface area contributed by atoms with Crippen molar-refractivity contribution in [2.24, 2.45) is 5.92 Å². The molecule has 0 rings (SSSR count). The fraction of sp³-hybridized carbons (Fsp3) is 0.941. The van der Waals surface area contributed by atoms with Gasteiger partial charge < -0.3 is 18.7 Å². The molecule has 0 saturated carbocycles. The molecule has 0 aliphatic carbocycles. The second-order valence-electron chi connectivity index (χ2n) is 6.08. The molecule has 25 heavy (non-hydrogen) atoms. The molecule has 0 bridgehead atoms. The summed E-state index contributed by atoms with van der Waals surface area (Å²) in [7, 11) is -2.03. The minimum absolute atomic E-state index is 0.263. The molecular formula is C17H36NO6P. The number of rotatable bonds is 14. The third-order valence-electron chi connectivity index (χ3n) is 3.65. The summed E-state index contributed by atoms with van der Waals surface area (Å²) in [4.78, 5) is 12.1. The van der Waals surface area contributed by atoms with Gasteiger partial charge in [-0.3, -0.25) is 14.7 Å². The monoisotopic (exact) mass is 381 g/mol. The largest absolute Gasteiger partial charge is 0.468 e. The van der Waals surface area contributed by atoms with E-state index in [-0.39, 0.29) is 18.5 Å². The Bertz CT molecular complexity index is 412. The summed E-state index contributed by atoms with van der Waals surface area (Å²) in [6, 6.07) is -1.52. The quantitative estimate of drug-likeness (QED) is 0.280. The van der Waals surface area contributed by atoms with Gasteiger partial charge in [-0.2, -0.15) is 0 Å². The molecule has 8 heteroatoms. The van der Waals surface area contributed by atoms with Crippen molar-refractivity contribution in [3.63, 3.8) is 0 Å². The van der Waals surface area contributed by atoms with Crippen LogP contribution in [0.15, 0.2) is 0 Å². The Balaban J connectivity index is 5.60. The van der Waals surface area contributed by atoms with E-state index >= 15 is 0 Å². The molecular weight excluding hydrogens is 345 g/mol. The SMILES string of the molecule is CCOC(OCC)[P@@](=O)(OCC)[C@@H](CC)N[C@H](CC(C)C)C(=O)OC. The van der Waals surface area contributed by atoms with Crippen molar-refractivity contribution >= 4 is 13.3 Å². The van der Waals surface area contributed by atoms with Crippen LogP contribution in [-0.2, 0) is 28.1 Å². The van der Waals surface area contributed by atoms with Crippen LogP contribution in [0.3, 0.4) is 0 Å². The highest BCUT2D eigenvalue weighted by Gasteiger charge is 2.44. The molecule has 3 atom stereocenters. The first kappa shape index (κ1) is 24.5. The predicted molar refractivity (Wildman–Crippen MR) is 98.7 cm³/mol. The number of ether oxygens (including phenoxy) is 3. The Kier molecular flexibility index (Phi) is 12.6. The van der Waals surface area contributed by atoms with E-state index in [2.05, 4.69) is 5.32 Å². The molecule has 0 aromatic rings. The number of esters is 1. The van der Waals surface area contributed by atoms with E-state index in [1.807, 2.05) is 34.6 Å². The molecule has 0 amide bonds. The molecule has 0 radical (unpaired) electrons. The number of hydrogen-bond donors (Lipinski definition) is 1. The highest BCUT2D eigenvalue weighted by molar-refractivity contribution is 7.60. The van der Waals surface area contributed by atoms with Crippen molar-refractivity contribution in [3.05, 3.63) is 0 Å². The minimum atomic E-state index is -3.38. The third kappa shape index (κ3) is 7.75. The van der Waals surface area contributed by atoms with E-state index in [9.17, 15) is 9.36 Å². The van der Waals surface area contributed by atoms with Gasteiger partial charge in [0.25, 0.3) is 7.37 Å². The molecule has 0 heterocycles. The van der Waals surface area contributed by atoms with Crippen LogP contribution in [0.25, 0.3) is 0 Å². The van der Waals surface area contributed by atoms with Gasteiger partial charge in [0.15, 0.2) is 0 Å². The zero-order valence-electron chi connectivity index (χ0n) is 16.7. The Morgan fingerprint density at radius 1 is 1.04 bits per heavy atom. The van der Waals surface area contributed by atoms with Crippen LogP contribution in [0.4, 0.5) is 0 Å². The zero-order chi connectivity index (χ0) is 19.5. The molecule has 1 N–H and O–H groups in total. The zero-order valence-corrected chi connectivity index (χ0v) is 17.6. The lowest BCUT2D eigenvalue weighted by Crippen LogP contribution is -2.46. The third-order valence-corrected chi connectivity index (χ3v) is 6.58. The molecule has 0 aromatic heterocycles. The molecule has 0 aromatic carbocycles. The maximum Gasteiger partial charge on any atom is 0.322 e. The normalized spacial score (nSPS) is 16.7. The Morgan fingerprint density at radius 3 is 1.96 bits per heavy atom. The van der Waals surface area contributed by atoms with Crippen LogP contribution in [0, 0.1) is 5.92 Å². The van der Waals surface area contributed by atoms with Crippen molar-refractivity contribution in [3.8, 4) is 0 Å². The lowest BCUT2D eigenvalue weighted by molar-refractivity contribution is -0.143. The molecule has 0 saturated heterocycles. The highest BCUT2D eigenvalue weighted by Crippen LogP contribution is 2.57. The van der Waals surface area contributed by atoms with E-state index < -0.39 is 25.2 Å². The molecule has 7 nitrogen and oxygen atoms in total. The van der Waals surface area contributed by atoms with Gasteiger partial charge in [-0.1, -0.05) is 20.8 Å². The Morgan fingerprint density at radius 2 is 1.60 bits per heavy atom. The van der Waals surface area contributed by atoms with Gasteiger partial charge >= 0.3 is 5.97 Å². The standard InChI is InChI=1S/C17H36NO6P/c1-8-15(18-14(12-13(5)6)16(19)21-7)25(20,24-11-4)17(22-9-2)23-10-3/h13-15,17-18H,8-12H2,1-7H3/t14-,15+,25+/m1/s1. The van der Waals surface area contributed by atoms with Crippen LogP contribution in [-0.4, -0.2) is 50.8 Å². The smallest absolute Gasteiger partial charge is 0.322 e. The van der Waals surface area contributed by atoms with Gasteiger partial charge in [0, 0.05) is 13.2 Å².